The third-order valence-electron chi connectivity index (χ3n) is 1.40. The van der Waals surface area contributed by atoms with Crippen LogP contribution in [0.2, 0.25) is 0 Å². The highest BCUT2D eigenvalue weighted by atomic mass is 79.9. The molecule has 3 nitrogen and oxygen atoms in total. The summed E-state index contributed by atoms with van der Waals surface area (Å²) in [5, 5.41) is 17.8. The number of rotatable bonds is 4. The van der Waals surface area contributed by atoms with Gasteiger partial charge in [-0.05, 0) is 22.0 Å². The van der Waals surface area contributed by atoms with Gasteiger partial charge in [0.2, 0.25) is 0 Å². The number of aromatic nitrogens is 1. The van der Waals surface area contributed by atoms with Crippen LogP contribution in [-0.4, -0.2) is 33.7 Å². The van der Waals surface area contributed by atoms with E-state index in [-0.39, 0.29) is 17.4 Å². The molecule has 1 aromatic heterocycles. The highest BCUT2D eigenvalue weighted by Crippen LogP contribution is 2.22. The molecule has 6 heteroatoms. The van der Waals surface area contributed by atoms with E-state index in [9.17, 15) is 4.39 Å². The zero-order valence-corrected chi connectivity index (χ0v) is 9.55. The van der Waals surface area contributed by atoms with E-state index in [2.05, 4.69) is 20.9 Å². The van der Waals surface area contributed by atoms with Crippen LogP contribution in [0.3, 0.4) is 0 Å². The number of aliphatic hydroxyl groups excluding tert-OH is 2. The molecule has 0 fully saturated rings. The Kier molecular flexibility index (Phi) is 4.80. The quantitative estimate of drug-likeness (QED) is 0.820. The van der Waals surface area contributed by atoms with Gasteiger partial charge in [-0.3, -0.25) is 0 Å². The number of aliphatic hydroxyl groups is 2. The monoisotopic (exact) mass is 281 g/mol. The van der Waals surface area contributed by atoms with Gasteiger partial charge in [0, 0.05) is 16.4 Å². The predicted octanol–water partition coefficient (Wildman–Crippen LogP) is 1.43. The van der Waals surface area contributed by atoms with Crippen LogP contribution >= 0.6 is 27.7 Å². The van der Waals surface area contributed by atoms with Crippen molar-refractivity contribution in [2.75, 3.05) is 12.4 Å². The van der Waals surface area contributed by atoms with E-state index in [0.717, 1.165) is 11.8 Å². The Morgan fingerprint density at radius 2 is 2.36 bits per heavy atom. The summed E-state index contributed by atoms with van der Waals surface area (Å²) >= 11 is 4.16. The van der Waals surface area contributed by atoms with E-state index in [4.69, 9.17) is 10.2 Å². The molecule has 0 amide bonds. The summed E-state index contributed by atoms with van der Waals surface area (Å²) in [7, 11) is 0. The number of halogens is 2. The van der Waals surface area contributed by atoms with Gasteiger partial charge in [-0.15, -0.1) is 11.8 Å². The Bertz CT molecular complexity index is 313. The second-order valence-electron chi connectivity index (χ2n) is 2.59. The fourth-order valence-electron chi connectivity index (χ4n) is 0.736. The van der Waals surface area contributed by atoms with Crippen molar-refractivity contribution in [1.82, 2.24) is 4.98 Å². The summed E-state index contributed by atoms with van der Waals surface area (Å²) in [6.45, 7) is -0.328. The maximum absolute atomic E-state index is 13.1. The van der Waals surface area contributed by atoms with Crippen molar-refractivity contribution in [3.63, 3.8) is 0 Å². The van der Waals surface area contributed by atoms with E-state index >= 15 is 0 Å². The smallest absolute Gasteiger partial charge is 0.156 e. The standard InChI is InChI=1S/C8H9BrFNO2S/c9-5-1-7(10)8(11-2-5)14-4-6(13)3-12/h1-2,6,12-13H,3-4H2. The first-order valence-corrected chi connectivity index (χ1v) is 5.64. The van der Waals surface area contributed by atoms with E-state index in [0.29, 0.717) is 4.47 Å². The molecule has 0 spiro atoms. The van der Waals surface area contributed by atoms with Crippen LogP contribution in [0, 0.1) is 5.82 Å². The van der Waals surface area contributed by atoms with Gasteiger partial charge in [0.05, 0.1) is 12.7 Å². The zero-order valence-electron chi connectivity index (χ0n) is 7.15. The van der Waals surface area contributed by atoms with Crippen molar-refractivity contribution in [2.45, 2.75) is 11.1 Å². The average molecular weight is 282 g/mol. The molecule has 1 unspecified atom stereocenters. The van der Waals surface area contributed by atoms with Gasteiger partial charge in [-0.25, -0.2) is 9.37 Å². The number of pyridine rings is 1. The van der Waals surface area contributed by atoms with E-state index in [1.807, 2.05) is 0 Å². The van der Waals surface area contributed by atoms with Gasteiger partial charge in [0.1, 0.15) is 5.03 Å². The Morgan fingerprint density at radius 1 is 1.64 bits per heavy atom. The molecule has 1 rings (SSSR count). The minimum atomic E-state index is -0.843. The lowest BCUT2D eigenvalue weighted by molar-refractivity contribution is 0.113. The number of hydrogen-bond acceptors (Lipinski definition) is 4. The molecule has 0 radical (unpaired) electrons. The van der Waals surface area contributed by atoms with Crippen molar-refractivity contribution >= 4 is 27.7 Å². The van der Waals surface area contributed by atoms with E-state index in [1.54, 1.807) is 0 Å². The Hall–Kier alpha value is -0.170. The summed E-state index contributed by atoms with van der Waals surface area (Å²) in [5.41, 5.74) is 0. The van der Waals surface area contributed by atoms with Gasteiger partial charge in [-0.2, -0.15) is 0 Å². The zero-order chi connectivity index (χ0) is 10.6. The molecule has 0 bridgehead atoms. The first-order chi connectivity index (χ1) is 6.63. The third kappa shape index (κ3) is 3.53. The fourth-order valence-corrected chi connectivity index (χ4v) is 1.82. The molecule has 1 aromatic rings. The molecule has 0 aromatic carbocycles. The van der Waals surface area contributed by atoms with Gasteiger partial charge >= 0.3 is 0 Å². The molecule has 0 aliphatic carbocycles. The number of thioether (sulfide) groups is 1. The summed E-state index contributed by atoms with van der Waals surface area (Å²) < 4.78 is 13.7. The van der Waals surface area contributed by atoms with Crippen LogP contribution in [-0.2, 0) is 0 Å². The Balaban J connectivity index is 2.59. The second-order valence-corrected chi connectivity index (χ2v) is 4.51. The fraction of sp³-hybridized carbons (Fsp3) is 0.375. The molecular weight excluding hydrogens is 273 g/mol. The number of nitrogens with zero attached hydrogens (tertiary/aromatic N) is 1. The van der Waals surface area contributed by atoms with Crippen molar-refractivity contribution in [3.8, 4) is 0 Å². The molecule has 1 heterocycles. The van der Waals surface area contributed by atoms with Crippen molar-refractivity contribution < 1.29 is 14.6 Å². The lowest BCUT2D eigenvalue weighted by atomic mass is 10.4. The van der Waals surface area contributed by atoms with Crippen molar-refractivity contribution in [2.24, 2.45) is 0 Å². The first kappa shape index (κ1) is 11.9. The van der Waals surface area contributed by atoms with Crippen LogP contribution < -0.4 is 0 Å². The molecule has 14 heavy (non-hydrogen) atoms. The van der Waals surface area contributed by atoms with Crippen LogP contribution in [0.15, 0.2) is 21.8 Å². The predicted molar refractivity (Wildman–Crippen MR) is 55.7 cm³/mol. The number of hydrogen-bond donors (Lipinski definition) is 2. The minimum Gasteiger partial charge on any atom is -0.394 e. The molecular formula is C8H9BrFNO2S. The molecule has 0 saturated carbocycles. The summed E-state index contributed by atoms with van der Waals surface area (Å²) in [4.78, 5) is 3.83. The van der Waals surface area contributed by atoms with Crippen LogP contribution in [0.1, 0.15) is 0 Å². The van der Waals surface area contributed by atoms with E-state index in [1.165, 1.54) is 12.3 Å². The maximum Gasteiger partial charge on any atom is 0.156 e. The van der Waals surface area contributed by atoms with Gasteiger partial charge < -0.3 is 10.2 Å². The topological polar surface area (TPSA) is 53.4 Å². The molecule has 0 saturated heterocycles. The van der Waals surface area contributed by atoms with Crippen molar-refractivity contribution in [1.29, 1.82) is 0 Å². The van der Waals surface area contributed by atoms with Crippen LogP contribution in [0.4, 0.5) is 4.39 Å². The molecule has 2 N–H and O–H groups in total. The molecule has 1 atom stereocenters. The molecule has 0 aliphatic heterocycles. The third-order valence-corrected chi connectivity index (χ3v) is 2.96. The lowest BCUT2D eigenvalue weighted by Crippen LogP contribution is -2.14. The minimum absolute atomic E-state index is 0.223. The van der Waals surface area contributed by atoms with Gasteiger partial charge in [0.15, 0.2) is 5.82 Å². The van der Waals surface area contributed by atoms with Crippen LogP contribution in [0.25, 0.3) is 0 Å². The van der Waals surface area contributed by atoms with Crippen LogP contribution in [0.5, 0.6) is 0 Å². The van der Waals surface area contributed by atoms with E-state index < -0.39 is 11.9 Å². The Labute approximate surface area is 93.5 Å². The molecule has 0 aliphatic rings. The normalized spacial score (nSPS) is 12.9. The summed E-state index contributed by atoms with van der Waals surface area (Å²) in [5.74, 6) is -0.211. The van der Waals surface area contributed by atoms with Gasteiger partial charge in [-0.1, -0.05) is 0 Å². The highest BCUT2D eigenvalue weighted by Gasteiger charge is 2.08. The average Bonchev–Trinajstić information content (AvgIpc) is 2.16. The second kappa shape index (κ2) is 5.65. The van der Waals surface area contributed by atoms with Crippen molar-refractivity contribution in [3.05, 3.63) is 22.6 Å². The Morgan fingerprint density at radius 3 is 2.93 bits per heavy atom. The first-order valence-electron chi connectivity index (χ1n) is 3.86. The largest absolute Gasteiger partial charge is 0.394 e. The maximum atomic E-state index is 13.1. The van der Waals surface area contributed by atoms with Gasteiger partial charge in [0.25, 0.3) is 0 Å². The molecule has 78 valence electrons. The SMILES string of the molecule is OCC(O)CSc1ncc(Br)cc1F. The highest BCUT2D eigenvalue weighted by molar-refractivity contribution is 9.10. The summed E-state index contributed by atoms with van der Waals surface area (Å²) in [6, 6.07) is 1.31. The summed E-state index contributed by atoms with van der Waals surface area (Å²) in [6.07, 6.45) is 0.640. The lowest BCUT2D eigenvalue weighted by Gasteiger charge is -2.06.